The summed E-state index contributed by atoms with van der Waals surface area (Å²) >= 11 is 6.16. The van der Waals surface area contributed by atoms with Gasteiger partial charge in [-0.25, -0.2) is 12.8 Å². The molecule has 10 heteroatoms. The number of sulfonamides is 1. The third-order valence-electron chi connectivity index (χ3n) is 5.92. The van der Waals surface area contributed by atoms with Crippen molar-refractivity contribution in [1.82, 2.24) is 14.4 Å². The SMILES string of the molecule is Cc1ccc(S(=O)(=O)N2CCN(C(=O)c3c(-c4c(F)cccc4Cl)noc3C)CC2)cc1C. The number of carbonyl (C=O) groups excluding carboxylic acids is 1. The van der Waals surface area contributed by atoms with Crippen LogP contribution in [0.4, 0.5) is 4.39 Å². The highest BCUT2D eigenvalue weighted by Gasteiger charge is 2.34. The van der Waals surface area contributed by atoms with Gasteiger partial charge in [0.25, 0.3) is 5.91 Å². The Bertz CT molecular complexity index is 1310. The molecule has 1 aromatic heterocycles. The Morgan fingerprint density at radius 2 is 1.76 bits per heavy atom. The van der Waals surface area contributed by atoms with Gasteiger partial charge in [0.15, 0.2) is 0 Å². The Morgan fingerprint density at radius 3 is 2.39 bits per heavy atom. The van der Waals surface area contributed by atoms with E-state index in [4.69, 9.17) is 16.1 Å². The van der Waals surface area contributed by atoms with Crippen molar-refractivity contribution in [3.05, 3.63) is 69.7 Å². The van der Waals surface area contributed by atoms with Crippen molar-refractivity contribution in [2.45, 2.75) is 25.7 Å². The van der Waals surface area contributed by atoms with E-state index in [2.05, 4.69) is 5.16 Å². The summed E-state index contributed by atoms with van der Waals surface area (Å²) in [6.07, 6.45) is 0. The molecule has 1 aliphatic heterocycles. The first-order chi connectivity index (χ1) is 15.6. The van der Waals surface area contributed by atoms with E-state index in [1.165, 1.54) is 27.4 Å². The first-order valence-corrected chi connectivity index (χ1v) is 12.2. The quantitative estimate of drug-likeness (QED) is 0.546. The van der Waals surface area contributed by atoms with Gasteiger partial charge in [0.05, 0.1) is 15.5 Å². The fourth-order valence-corrected chi connectivity index (χ4v) is 5.59. The van der Waals surface area contributed by atoms with Crippen molar-refractivity contribution in [3.63, 3.8) is 0 Å². The topological polar surface area (TPSA) is 83.7 Å². The predicted octanol–water partition coefficient (Wildman–Crippen LogP) is 4.21. The lowest BCUT2D eigenvalue weighted by Gasteiger charge is -2.34. The Labute approximate surface area is 196 Å². The molecule has 3 aromatic rings. The van der Waals surface area contributed by atoms with Crippen LogP contribution in [0.5, 0.6) is 0 Å². The average molecular weight is 492 g/mol. The zero-order valence-electron chi connectivity index (χ0n) is 18.4. The number of carbonyl (C=O) groups is 1. The molecule has 174 valence electrons. The lowest BCUT2D eigenvalue weighted by molar-refractivity contribution is 0.0696. The molecule has 0 spiro atoms. The van der Waals surface area contributed by atoms with Gasteiger partial charge in [0, 0.05) is 26.2 Å². The minimum atomic E-state index is -3.68. The van der Waals surface area contributed by atoms with E-state index >= 15 is 0 Å². The van der Waals surface area contributed by atoms with E-state index in [1.807, 2.05) is 13.8 Å². The number of hydrogen-bond acceptors (Lipinski definition) is 5. The lowest BCUT2D eigenvalue weighted by atomic mass is 10.0. The molecule has 1 aliphatic rings. The third-order valence-corrected chi connectivity index (χ3v) is 8.13. The molecule has 33 heavy (non-hydrogen) atoms. The molecule has 0 aliphatic carbocycles. The lowest BCUT2D eigenvalue weighted by Crippen LogP contribution is -2.50. The minimum absolute atomic E-state index is 0.00433. The number of halogens is 2. The second-order valence-corrected chi connectivity index (χ2v) is 10.3. The average Bonchev–Trinajstić information content (AvgIpc) is 3.16. The molecule has 2 heterocycles. The molecule has 0 saturated carbocycles. The zero-order chi connectivity index (χ0) is 23.9. The largest absolute Gasteiger partial charge is 0.360 e. The van der Waals surface area contributed by atoms with Gasteiger partial charge in [-0.1, -0.05) is 28.9 Å². The summed E-state index contributed by atoms with van der Waals surface area (Å²) in [6.45, 7) is 5.99. The molecule has 1 saturated heterocycles. The second kappa shape index (κ2) is 8.89. The van der Waals surface area contributed by atoms with Crippen molar-refractivity contribution in [2.24, 2.45) is 0 Å². The van der Waals surface area contributed by atoms with Crippen LogP contribution < -0.4 is 0 Å². The molecule has 0 atom stereocenters. The number of piperazine rings is 1. The number of rotatable bonds is 4. The molecule has 2 aromatic carbocycles. The number of benzene rings is 2. The number of amides is 1. The van der Waals surface area contributed by atoms with Crippen LogP contribution >= 0.6 is 11.6 Å². The predicted molar refractivity (Wildman–Crippen MR) is 122 cm³/mol. The number of aromatic nitrogens is 1. The standard InChI is InChI=1S/C23H23ClFN3O4S/c1-14-7-8-17(13-15(14)2)33(30,31)28-11-9-27(10-12-28)23(29)20-16(3)32-26-22(20)21-18(24)5-4-6-19(21)25/h4-8,13H,9-12H2,1-3H3. The van der Waals surface area contributed by atoms with Crippen LogP contribution in [0.1, 0.15) is 27.2 Å². The van der Waals surface area contributed by atoms with E-state index < -0.39 is 21.7 Å². The van der Waals surface area contributed by atoms with Crippen LogP contribution in [0, 0.1) is 26.6 Å². The van der Waals surface area contributed by atoms with Gasteiger partial charge >= 0.3 is 0 Å². The molecule has 1 fully saturated rings. The fourth-order valence-electron chi connectivity index (χ4n) is 3.83. The molecule has 0 radical (unpaired) electrons. The van der Waals surface area contributed by atoms with Gasteiger partial charge in [-0.2, -0.15) is 4.31 Å². The van der Waals surface area contributed by atoms with Gasteiger partial charge in [0.1, 0.15) is 22.8 Å². The summed E-state index contributed by atoms with van der Waals surface area (Å²) in [5.74, 6) is -0.792. The monoisotopic (exact) mass is 491 g/mol. The highest BCUT2D eigenvalue weighted by Crippen LogP contribution is 2.34. The van der Waals surface area contributed by atoms with Crippen LogP contribution in [0.2, 0.25) is 5.02 Å². The Balaban J connectivity index is 1.55. The first-order valence-electron chi connectivity index (χ1n) is 10.4. The normalized spacial score (nSPS) is 15.1. The molecule has 1 amide bonds. The van der Waals surface area contributed by atoms with Gasteiger partial charge in [-0.3, -0.25) is 4.79 Å². The van der Waals surface area contributed by atoms with Gasteiger partial charge in [-0.15, -0.1) is 0 Å². The van der Waals surface area contributed by atoms with Gasteiger partial charge in [-0.05, 0) is 56.2 Å². The molecular formula is C23H23ClFN3O4S. The molecule has 4 rings (SSSR count). The van der Waals surface area contributed by atoms with E-state index in [0.717, 1.165) is 11.1 Å². The number of hydrogen-bond donors (Lipinski definition) is 0. The van der Waals surface area contributed by atoms with Crippen LogP contribution in [-0.4, -0.2) is 54.9 Å². The fraction of sp³-hybridized carbons (Fsp3) is 0.304. The molecule has 0 N–H and O–H groups in total. The Hall–Kier alpha value is -2.75. The van der Waals surface area contributed by atoms with Gasteiger partial charge < -0.3 is 9.42 Å². The van der Waals surface area contributed by atoms with E-state index in [1.54, 1.807) is 25.1 Å². The summed E-state index contributed by atoms with van der Waals surface area (Å²) in [5.41, 5.74) is 2.06. The van der Waals surface area contributed by atoms with Crippen molar-refractivity contribution in [1.29, 1.82) is 0 Å². The van der Waals surface area contributed by atoms with Crippen molar-refractivity contribution < 1.29 is 22.1 Å². The zero-order valence-corrected chi connectivity index (χ0v) is 20.0. The Kier molecular flexibility index (Phi) is 6.30. The highest BCUT2D eigenvalue weighted by atomic mass is 35.5. The van der Waals surface area contributed by atoms with Crippen LogP contribution in [0.3, 0.4) is 0 Å². The molecular weight excluding hydrogens is 469 g/mol. The van der Waals surface area contributed by atoms with Crippen LogP contribution in [0.15, 0.2) is 45.8 Å². The summed E-state index contributed by atoms with van der Waals surface area (Å²) in [7, 11) is -3.68. The van der Waals surface area contributed by atoms with Gasteiger partial charge in [0.2, 0.25) is 10.0 Å². The molecule has 0 unspecified atom stereocenters. The number of nitrogens with zero attached hydrogens (tertiary/aromatic N) is 3. The summed E-state index contributed by atoms with van der Waals surface area (Å²) < 4.78 is 47.2. The van der Waals surface area contributed by atoms with Crippen LogP contribution in [0.25, 0.3) is 11.3 Å². The van der Waals surface area contributed by atoms with Crippen molar-refractivity contribution in [2.75, 3.05) is 26.2 Å². The summed E-state index contributed by atoms with van der Waals surface area (Å²) in [4.78, 5) is 15.1. The maximum atomic E-state index is 14.5. The van der Waals surface area contributed by atoms with E-state index in [0.29, 0.717) is 0 Å². The number of aryl methyl sites for hydroxylation is 3. The smallest absolute Gasteiger partial charge is 0.259 e. The minimum Gasteiger partial charge on any atom is -0.360 e. The van der Waals surface area contributed by atoms with E-state index in [9.17, 15) is 17.6 Å². The van der Waals surface area contributed by atoms with Crippen LogP contribution in [-0.2, 0) is 10.0 Å². The summed E-state index contributed by atoms with van der Waals surface area (Å²) in [6, 6.07) is 9.24. The molecule has 7 nitrogen and oxygen atoms in total. The molecule has 0 bridgehead atoms. The second-order valence-electron chi connectivity index (χ2n) is 8.00. The maximum Gasteiger partial charge on any atom is 0.259 e. The van der Waals surface area contributed by atoms with Crippen molar-refractivity contribution in [3.8, 4) is 11.3 Å². The summed E-state index contributed by atoms with van der Waals surface area (Å²) in [5, 5.41) is 3.99. The third kappa shape index (κ3) is 4.28. The highest BCUT2D eigenvalue weighted by molar-refractivity contribution is 7.89. The van der Waals surface area contributed by atoms with E-state index in [-0.39, 0.29) is 58.7 Å². The Morgan fingerprint density at radius 1 is 1.06 bits per heavy atom. The maximum absolute atomic E-state index is 14.5. The first kappa shape index (κ1) is 23.4. The van der Waals surface area contributed by atoms with Crippen molar-refractivity contribution >= 4 is 27.5 Å².